The molecule has 1 saturated heterocycles. The first-order chi connectivity index (χ1) is 9.81. The van der Waals surface area contributed by atoms with Crippen LogP contribution >= 0.6 is 0 Å². The summed E-state index contributed by atoms with van der Waals surface area (Å²) in [5.74, 6) is 1.00. The van der Waals surface area contributed by atoms with Crippen molar-refractivity contribution in [3.8, 4) is 5.75 Å². The Labute approximate surface area is 120 Å². The molecule has 0 aromatic heterocycles. The molecule has 3 rings (SSSR count). The van der Waals surface area contributed by atoms with Crippen molar-refractivity contribution in [3.63, 3.8) is 0 Å². The Morgan fingerprint density at radius 2 is 1.95 bits per heavy atom. The molecule has 1 aromatic rings. The molecule has 0 bridgehead atoms. The van der Waals surface area contributed by atoms with Crippen molar-refractivity contribution in [1.82, 2.24) is 4.90 Å². The molecule has 4 heteroatoms. The first kappa shape index (κ1) is 13.9. The van der Waals surface area contributed by atoms with Gasteiger partial charge < -0.3 is 14.6 Å². The Morgan fingerprint density at radius 1 is 1.15 bits per heavy atom. The SMILES string of the molecule is OCC1(CN2CCOc3ccccc3C2)CCOCC1. The number of hydrogen-bond acceptors (Lipinski definition) is 4. The van der Waals surface area contributed by atoms with Gasteiger partial charge in [0.15, 0.2) is 0 Å². The van der Waals surface area contributed by atoms with Crippen LogP contribution in [0.4, 0.5) is 0 Å². The maximum Gasteiger partial charge on any atom is 0.123 e. The maximum atomic E-state index is 9.82. The normalized spacial score (nSPS) is 22.6. The van der Waals surface area contributed by atoms with Gasteiger partial charge in [-0.2, -0.15) is 0 Å². The van der Waals surface area contributed by atoms with Crippen molar-refractivity contribution < 1.29 is 14.6 Å². The molecule has 1 fully saturated rings. The predicted octanol–water partition coefficient (Wildman–Crippen LogP) is 1.67. The van der Waals surface area contributed by atoms with Crippen LogP contribution in [0.15, 0.2) is 24.3 Å². The predicted molar refractivity (Wildman–Crippen MR) is 76.8 cm³/mol. The smallest absolute Gasteiger partial charge is 0.123 e. The second-order valence-corrected chi connectivity index (χ2v) is 5.94. The van der Waals surface area contributed by atoms with Crippen LogP contribution in [0.5, 0.6) is 5.75 Å². The molecular weight excluding hydrogens is 254 g/mol. The number of rotatable bonds is 3. The minimum atomic E-state index is -0.00245. The van der Waals surface area contributed by atoms with Gasteiger partial charge in [0.05, 0.1) is 6.61 Å². The van der Waals surface area contributed by atoms with E-state index in [-0.39, 0.29) is 12.0 Å². The quantitative estimate of drug-likeness (QED) is 0.912. The molecule has 2 aliphatic rings. The Balaban J connectivity index is 1.71. The molecule has 0 amide bonds. The lowest BCUT2D eigenvalue weighted by Crippen LogP contribution is -2.44. The number of hydrogen-bond donors (Lipinski definition) is 1. The minimum absolute atomic E-state index is 0.00245. The molecule has 20 heavy (non-hydrogen) atoms. The zero-order chi connectivity index (χ0) is 13.8. The van der Waals surface area contributed by atoms with Crippen LogP contribution in [0.2, 0.25) is 0 Å². The Hall–Kier alpha value is -1.10. The summed E-state index contributed by atoms with van der Waals surface area (Å²) in [4.78, 5) is 2.41. The van der Waals surface area contributed by atoms with Crippen molar-refractivity contribution in [2.45, 2.75) is 19.4 Å². The molecular formula is C16H23NO3. The number of para-hydroxylation sites is 1. The van der Waals surface area contributed by atoms with Crippen LogP contribution in [-0.2, 0) is 11.3 Å². The largest absolute Gasteiger partial charge is 0.492 e. The molecule has 2 heterocycles. The van der Waals surface area contributed by atoms with Gasteiger partial charge >= 0.3 is 0 Å². The highest BCUT2D eigenvalue weighted by molar-refractivity contribution is 5.33. The van der Waals surface area contributed by atoms with E-state index in [0.29, 0.717) is 0 Å². The van der Waals surface area contributed by atoms with Gasteiger partial charge in [-0.1, -0.05) is 18.2 Å². The Morgan fingerprint density at radius 3 is 2.75 bits per heavy atom. The van der Waals surface area contributed by atoms with Crippen molar-refractivity contribution >= 4 is 0 Å². The van der Waals surface area contributed by atoms with Crippen molar-refractivity contribution in [2.24, 2.45) is 5.41 Å². The number of aliphatic hydroxyl groups is 1. The molecule has 4 nitrogen and oxygen atoms in total. The minimum Gasteiger partial charge on any atom is -0.492 e. The average Bonchev–Trinajstić information content (AvgIpc) is 2.69. The molecule has 1 aromatic carbocycles. The third kappa shape index (κ3) is 2.97. The lowest BCUT2D eigenvalue weighted by molar-refractivity contribution is -0.0358. The second-order valence-electron chi connectivity index (χ2n) is 5.94. The summed E-state index contributed by atoms with van der Waals surface area (Å²) >= 11 is 0. The number of nitrogens with zero attached hydrogens (tertiary/aromatic N) is 1. The topological polar surface area (TPSA) is 41.9 Å². The molecule has 110 valence electrons. The summed E-state index contributed by atoms with van der Waals surface area (Å²) in [6.45, 7) is 5.23. The fourth-order valence-electron chi connectivity index (χ4n) is 3.16. The zero-order valence-electron chi connectivity index (χ0n) is 11.9. The van der Waals surface area contributed by atoms with Gasteiger partial charge in [0.1, 0.15) is 12.4 Å². The highest BCUT2D eigenvalue weighted by atomic mass is 16.5. The number of aliphatic hydroxyl groups excluding tert-OH is 1. The van der Waals surface area contributed by atoms with E-state index in [2.05, 4.69) is 17.0 Å². The lowest BCUT2D eigenvalue weighted by Gasteiger charge is -2.39. The first-order valence-electron chi connectivity index (χ1n) is 7.43. The first-order valence-corrected chi connectivity index (χ1v) is 7.43. The van der Waals surface area contributed by atoms with Gasteiger partial charge in [-0.3, -0.25) is 4.90 Å². The van der Waals surface area contributed by atoms with Crippen molar-refractivity contribution in [1.29, 1.82) is 0 Å². The van der Waals surface area contributed by atoms with E-state index in [9.17, 15) is 5.11 Å². The van der Waals surface area contributed by atoms with Crippen LogP contribution < -0.4 is 4.74 Å². The van der Waals surface area contributed by atoms with Crippen molar-refractivity contribution in [2.75, 3.05) is 39.5 Å². The van der Waals surface area contributed by atoms with E-state index in [4.69, 9.17) is 9.47 Å². The number of benzene rings is 1. The van der Waals surface area contributed by atoms with Gasteiger partial charge in [0.2, 0.25) is 0 Å². The molecule has 0 saturated carbocycles. The summed E-state index contributed by atoms with van der Waals surface area (Å²) in [6.07, 6.45) is 1.89. The van der Waals surface area contributed by atoms with E-state index in [1.54, 1.807) is 0 Å². The monoisotopic (exact) mass is 277 g/mol. The number of fused-ring (bicyclic) bond motifs is 1. The van der Waals surface area contributed by atoms with Gasteiger partial charge in [-0.15, -0.1) is 0 Å². The summed E-state index contributed by atoms with van der Waals surface area (Å²) in [7, 11) is 0. The van der Waals surface area contributed by atoms with Crippen LogP contribution in [0.3, 0.4) is 0 Å². The van der Waals surface area contributed by atoms with E-state index in [0.717, 1.165) is 58.0 Å². The molecule has 0 atom stereocenters. The summed E-state index contributed by atoms with van der Waals surface area (Å²) < 4.78 is 11.2. The molecule has 0 spiro atoms. The average molecular weight is 277 g/mol. The Kier molecular flexibility index (Phi) is 4.24. The lowest BCUT2D eigenvalue weighted by atomic mass is 9.80. The third-order valence-corrected chi connectivity index (χ3v) is 4.48. The second kappa shape index (κ2) is 6.12. The summed E-state index contributed by atoms with van der Waals surface area (Å²) in [5, 5.41) is 9.82. The van der Waals surface area contributed by atoms with Gasteiger partial charge in [-0.05, 0) is 18.9 Å². The van der Waals surface area contributed by atoms with Crippen LogP contribution in [0.25, 0.3) is 0 Å². The summed E-state index contributed by atoms with van der Waals surface area (Å²) in [6, 6.07) is 8.24. The van der Waals surface area contributed by atoms with Crippen molar-refractivity contribution in [3.05, 3.63) is 29.8 Å². The highest BCUT2D eigenvalue weighted by Gasteiger charge is 2.34. The van der Waals surface area contributed by atoms with E-state index < -0.39 is 0 Å². The van der Waals surface area contributed by atoms with Gasteiger partial charge in [0.25, 0.3) is 0 Å². The van der Waals surface area contributed by atoms with Crippen LogP contribution in [0.1, 0.15) is 18.4 Å². The third-order valence-electron chi connectivity index (χ3n) is 4.48. The van der Waals surface area contributed by atoms with Gasteiger partial charge in [-0.25, -0.2) is 0 Å². The standard InChI is InChI=1S/C16H23NO3/c18-13-16(5-8-19-9-6-16)12-17-7-10-20-15-4-2-1-3-14(15)11-17/h1-4,18H,5-13H2. The zero-order valence-corrected chi connectivity index (χ0v) is 11.9. The van der Waals surface area contributed by atoms with Gasteiger partial charge in [0, 0.05) is 43.8 Å². The van der Waals surface area contributed by atoms with Crippen LogP contribution in [0, 0.1) is 5.41 Å². The molecule has 2 aliphatic heterocycles. The van der Waals surface area contributed by atoms with E-state index in [1.807, 2.05) is 12.1 Å². The maximum absolute atomic E-state index is 9.82. The molecule has 0 aliphatic carbocycles. The van der Waals surface area contributed by atoms with E-state index in [1.165, 1.54) is 5.56 Å². The fourth-order valence-corrected chi connectivity index (χ4v) is 3.16. The summed E-state index contributed by atoms with van der Waals surface area (Å²) in [5.41, 5.74) is 1.24. The fraction of sp³-hybridized carbons (Fsp3) is 0.625. The van der Waals surface area contributed by atoms with Crippen LogP contribution in [-0.4, -0.2) is 49.5 Å². The Bertz CT molecular complexity index is 443. The van der Waals surface area contributed by atoms with E-state index >= 15 is 0 Å². The number of ether oxygens (including phenoxy) is 2. The highest BCUT2D eigenvalue weighted by Crippen LogP contribution is 2.32. The molecule has 0 unspecified atom stereocenters. The molecule has 0 radical (unpaired) electrons. The molecule has 1 N–H and O–H groups in total.